The van der Waals surface area contributed by atoms with Crippen LogP contribution in [-0.4, -0.2) is 30.6 Å². The van der Waals surface area contributed by atoms with Crippen LogP contribution in [0.25, 0.3) is 0 Å². The summed E-state index contributed by atoms with van der Waals surface area (Å²) in [4.78, 5) is 17.5. The number of rotatable bonds is 7. The van der Waals surface area contributed by atoms with Crippen molar-refractivity contribution < 1.29 is 4.42 Å². The van der Waals surface area contributed by atoms with Crippen molar-refractivity contribution in [2.75, 3.05) is 5.32 Å². The van der Waals surface area contributed by atoms with Crippen molar-refractivity contribution in [1.82, 2.24) is 25.4 Å². The van der Waals surface area contributed by atoms with Crippen molar-refractivity contribution in [3.05, 3.63) is 80.8 Å². The molecule has 0 bridgehead atoms. The van der Waals surface area contributed by atoms with Gasteiger partial charge in [-0.05, 0) is 49.9 Å². The van der Waals surface area contributed by atoms with E-state index in [1.165, 1.54) is 0 Å². The zero-order chi connectivity index (χ0) is 23.5. The van der Waals surface area contributed by atoms with Gasteiger partial charge >= 0.3 is 5.76 Å². The van der Waals surface area contributed by atoms with Crippen molar-refractivity contribution in [3.8, 4) is 0 Å². The van der Waals surface area contributed by atoms with Crippen molar-refractivity contribution in [2.24, 2.45) is 0 Å². The van der Waals surface area contributed by atoms with Crippen molar-refractivity contribution >= 4 is 46.6 Å². The van der Waals surface area contributed by atoms with Gasteiger partial charge in [-0.15, -0.1) is 16.9 Å². The van der Waals surface area contributed by atoms with Crippen LogP contribution in [0.5, 0.6) is 0 Å². The van der Waals surface area contributed by atoms with Crippen molar-refractivity contribution in [1.29, 1.82) is 0 Å². The third-order valence-corrected chi connectivity index (χ3v) is 8.41. The summed E-state index contributed by atoms with van der Waals surface area (Å²) in [5, 5.41) is 18.2. The van der Waals surface area contributed by atoms with E-state index in [1.54, 1.807) is 24.0 Å². The molecule has 3 heterocycles. The highest BCUT2D eigenvalue weighted by Gasteiger charge is 2.42. The highest BCUT2D eigenvalue weighted by atomic mass is 35.5. The summed E-state index contributed by atoms with van der Waals surface area (Å²) in [5.74, 6) is 1.37. The summed E-state index contributed by atoms with van der Waals surface area (Å²) in [6, 6.07) is 13.4. The predicted molar refractivity (Wildman–Crippen MR) is 133 cm³/mol. The Balaban J connectivity index is 1.35. The number of pyridine rings is 1. The minimum Gasteiger partial charge on any atom is -0.392 e. The second-order valence-corrected chi connectivity index (χ2v) is 10.5. The molecule has 3 aromatic heterocycles. The van der Waals surface area contributed by atoms with E-state index < -0.39 is 11.2 Å². The minimum absolute atomic E-state index is 0.371. The maximum absolute atomic E-state index is 11.8. The van der Waals surface area contributed by atoms with E-state index in [0.29, 0.717) is 33.4 Å². The normalized spacial score (nSPS) is 20.4. The summed E-state index contributed by atoms with van der Waals surface area (Å²) in [5.41, 5.74) is 0.465. The summed E-state index contributed by atoms with van der Waals surface area (Å²) < 4.78 is 5.48. The van der Waals surface area contributed by atoms with Gasteiger partial charge in [0.25, 0.3) is 0 Å². The zero-order valence-electron chi connectivity index (χ0n) is 18.1. The molecule has 34 heavy (non-hydrogen) atoms. The van der Waals surface area contributed by atoms with Crippen LogP contribution >= 0.6 is 35.0 Å². The van der Waals surface area contributed by atoms with Crippen LogP contribution in [0.2, 0.25) is 10.0 Å². The molecule has 1 aromatic carbocycles. The number of thioether (sulfide) groups is 1. The molecule has 0 amide bonds. The molecule has 1 fully saturated rings. The zero-order valence-corrected chi connectivity index (χ0v) is 20.4. The molecule has 0 radical (unpaired) electrons. The molecule has 3 N–H and O–H groups in total. The van der Waals surface area contributed by atoms with Crippen LogP contribution in [0, 0.1) is 0 Å². The van der Waals surface area contributed by atoms with E-state index in [2.05, 4.69) is 25.7 Å². The molecule has 4 aromatic rings. The monoisotopic (exact) mass is 516 g/mol. The van der Waals surface area contributed by atoms with Gasteiger partial charge in [-0.2, -0.15) is 5.10 Å². The first-order valence-electron chi connectivity index (χ1n) is 10.9. The quantitative estimate of drug-likeness (QED) is 0.286. The third-order valence-electron chi connectivity index (χ3n) is 6.08. The molecular weight excluding hydrogens is 495 g/mol. The SMILES string of the molecule is O=c1[nH]nc(C2(Cc3cccc(Nc4ccn[nH]4)n3)CCC(Sc3cccc(Cl)c3Cl)CC2)o1. The van der Waals surface area contributed by atoms with Crippen molar-refractivity contribution in [3.63, 3.8) is 0 Å². The maximum atomic E-state index is 11.8. The highest BCUT2D eigenvalue weighted by molar-refractivity contribution is 8.00. The molecule has 1 saturated carbocycles. The van der Waals surface area contributed by atoms with Crippen molar-refractivity contribution in [2.45, 2.75) is 47.7 Å². The molecule has 11 heteroatoms. The Bertz CT molecular complexity index is 1320. The Labute approximate surface area is 209 Å². The number of hydrogen-bond acceptors (Lipinski definition) is 7. The minimum atomic E-state index is -0.542. The molecule has 0 saturated heterocycles. The van der Waals surface area contributed by atoms with Gasteiger partial charge in [0.05, 0.1) is 21.7 Å². The molecule has 8 nitrogen and oxygen atoms in total. The van der Waals surface area contributed by atoms with Crippen LogP contribution in [0.15, 0.2) is 62.8 Å². The number of anilines is 2. The fraction of sp³-hybridized carbons (Fsp3) is 0.304. The first-order valence-corrected chi connectivity index (χ1v) is 12.5. The van der Waals surface area contributed by atoms with E-state index in [0.717, 1.165) is 42.1 Å². The third kappa shape index (κ3) is 5.01. The predicted octanol–water partition coefficient (Wildman–Crippen LogP) is 5.75. The summed E-state index contributed by atoms with van der Waals surface area (Å²) >= 11 is 14.3. The van der Waals surface area contributed by atoms with Gasteiger partial charge < -0.3 is 9.73 Å². The maximum Gasteiger partial charge on any atom is 0.434 e. The number of H-pyrrole nitrogens is 2. The molecule has 5 rings (SSSR count). The van der Waals surface area contributed by atoms with E-state index >= 15 is 0 Å². The van der Waals surface area contributed by atoms with Gasteiger partial charge in [-0.25, -0.2) is 14.9 Å². The van der Waals surface area contributed by atoms with E-state index in [-0.39, 0.29) is 0 Å². The average molecular weight is 517 g/mol. The Morgan fingerprint density at radius 2 is 1.94 bits per heavy atom. The van der Waals surface area contributed by atoms with Crippen LogP contribution < -0.4 is 11.1 Å². The van der Waals surface area contributed by atoms with Gasteiger partial charge in [-0.1, -0.05) is 35.3 Å². The smallest absolute Gasteiger partial charge is 0.392 e. The summed E-state index contributed by atoms with van der Waals surface area (Å²) in [6.45, 7) is 0. The van der Waals surface area contributed by atoms with E-state index in [1.807, 2.05) is 36.4 Å². The molecule has 1 aliphatic carbocycles. The first kappa shape index (κ1) is 23.0. The molecular formula is C23H22Cl2N6O2S. The largest absolute Gasteiger partial charge is 0.434 e. The fourth-order valence-corrected chi connectivity index (χ4v) is 6.09. The van der Waals surface area contributed by atoms with Gasteiger partial charge in [0.1, 0.15) is 11.6 Å². The lowest BCUT2D eigenvalue weighted by Gasteiger charge is -2.37. The van der Waals surface area contributed by atoms with E-state index in [4.69, 9.17) is 32.6 Å². The number of aromatic nitrogens is 5. The Kier molecular flexibility index (Phi) is 6.67. The number of halogens is 2. The second-order valence-electron chi connectivity index (χ2n) is 8.35. The number of benzene rings is 1. The standard InChI is InChI=1S/C23H22Cl2N6O2S/c24-16-4-2-5-17(20(16)25)34-15-7-10-23(11-8-15,21-30-31-22(32)33-21)13-14-3-1-6-18(27-14)28-19-9-12-26-29-19/h1-6,9,12,15H,7-8,10-11,13H2,(H,31,32)(H2,26,27,28,29). The lowest BCUT2D eigenvalue weighted by molar-refractivity contribution is 0.231. The van der Waals surface area contributed by atoms with Crippen LogP contribution in [0.4, 0.5) is 11.6 Å². The summed E-state index contributed by atoms with van der Waals surface area (Å²) in [7, 11) is 0. The van der Waals surface area contributed by atoms with E-state index in [9.17, 15) is 4.79 Å². The van der Waals surface area contributed by atoms with Crippen LogP contribution in [0.1, 0.15) is 37.3 Å². The first-order chi connectivity index (χ1) is 16.5. The molecule has 1 aliphatic rings. The van der Waals surface area contributed by atoms with Gasteiger partial charge in [0, 0.05) is 28.3 Å². The second kappa shape index (κ2) is 9.85. The molecule has 0 spiro atoms. The van der Waals surface area contributed by atoms with Gasteiger partial charge in [-0.3, -0.25) is 5.10 Å². The molecule has 0 unspecified atom stereocenters. The Morgan fingerprint density at radius 1 is 1.12 bits per heavy atom. The molecule has 176 valence electrons. The van der Waals surface area contributed by atoms with Crippen LogP contribution in [-0.2, 0) is 11.8 Å². The topological polar surface area (TPSA) is 112 Å². The molecule has 0 aliphatic heterocycles. The van der Waals surface area contributed by atoms with Crippen LogP contribution in [0.3, 0.4) is 0 Å². The van der Waals surface area contributed by atoms with Gasteiger partial charge in [0.15, 0.2) is 0 Å². The number of nitrogens with zero attached hydrogens (tertiary/aromatic N) is 3. The fourth-order valence-electron chi connectivity index (χ4n) is 4.40. The lowest BCUT2D eigenvalue weighted by atomic mass is 9.70. The number of hydrogen-bond donors (Lipinski definition) is 3. The highest BCUT2D eigenvalue weighted by Crippen LogP contribution is 2.46. The average Bonchev–Trinajstić information content (AvgIpc) is 3.51. The Morgan fingerprint density at radius 3 is 2.68 bits per heavy atom. The number of nitrogens with one attached hydrogen (secondary N) is 3. The lowest BCUT2D eigenvalue weighted by Crippen LogP contribution is -2.35. The van der Waals surface area contributed by atoms with Gasteiger partial charge in [0.2, 0.25) is 5.89 Å². The molecule has 0 atom stereocenters. The summed E-state index contributed by atoms with van der Waals surface area (Å²) in [6.07, 6.45) is 5.71. The number of aromatic amines is 2. The Hall–Kier alpha value is -2.75.